The zero-order valence-corrected chi connectivity index (χ0v) is 11.5. The lowest BCUT2D eigenvalue weighted by atomic mass is 10.1. The molecule has 0 radical (unpaired) electrons. The van der Waals surface area contributed by atoms with Crippen LogP contribution in [0.2, 0.25) is 0 Å². The first kappa shape index (κ1) is 14.5. The van der Waals surface area contributed by atoms with Crippen molar-refractivity contribution in [1.82, 2.24) is 5.32 Å². The van der Waals surface area contributed by atoms with Gasteiger partial charge in [-0.05, 0) is 24.6 Å². The standard InChI is InChI=1S/C15H15N3O3/c1-10-3-2-4-11(7-10)9-17-15(19)13-8-12(16)5-6-14(13)18(20)21/h2-8H,9,16H2,1H3,(H,17,19). The summed E-state index contributed by atoms with van der Waals surface area (Å²) in [6.07, 6.45) is 0. The van der Waals surface area contributed by atoms with Crippen LogP contribution >= 0.6 is 0 Å². The minimum absolute atomic E-state index is 0.0346. The Labute approximate surface area is 121 Å². The number of nitrogen functional groups attached to an aromatic ring is 1. The number of rotatable bonds is 4. The van der Waals surface area contributed by atoms with Crippen LogP contribution in [-0.2, 0) is 6.54 Å². The molecule has 0 aromatic heterocycles. The second-order valence-corrected chi connectivity index (χ2v) is 4.71. The summed E-state index contributed by atoms with van der Waals surface area (Å²) in [4.78, 5) is 22.5. The molecule has 2 rings (SSSR count). The third-order valence-electron chi connectivity index (χ3n) is 3.00. The van der Waals surface area contributed by atoms with E-state index < -0.39 is 10.8 Å². The summed E-state index contributed by atoms with van der Waals surface area (Å²) in [5.74, 6) is -0.518. The molecule has 0 fully saturated rings. The molecule has 2 aromatic carbocycles. The maximum atomic E-state index is 12.1. The normalized spacial score (nSPS) is 10.1. The van der Waals surface area contributed by atoms with Crippen LogP contribution in [0.5, 0.6) is 0 Å². The maximum absolute atomic E-state index is 12.1. The van der Waals surface area contributed by atoms with Crippen molar-refractivity contribution in [2.24, 2.45) is 0 Å². The van der Waals surface area contributed by atoms with E-state index in [1.807, 2.05) is 31.2 Å². The van der Waals surface area contributed by atoms with E-state index in [1.165, 1.54) is 18.2 Å². The zero-order chi connectivity index (χ0) is 15.4. The van der Waals surface area contributed by atoms with Gasteiger partial charge in [-0.15, -0.1) is 0 Å². The number of nitrogens with zero attached hydrogens (tertiary/aromatic N) is 1. The predicted molar refractivity (Wildman–Crippen MR) is 79.9 cm³/mol. The molecule has 0 saturated carbocycles. The van der Waals surface area contributed by atoms with Crippen LogP contribution in [0.15, 0.2) is 42.5 Å². The number of amides is 1. The van der Waals surface area contributed by atoms with Crippen molar-refractivity contribution in [3.05, 3.63) is 69.3 Å². The summed E-state index contributed by atoms with van der Waals surface area (Å²) in [5.41, 5.74) is 7.61. The number of anilines is 1. The van der Waals surface area contributed by atoms with E-state index in [0.29, 0.717) is 12.2 Å². The van der Waals surface area contributed by atoms with E-state index in [9.17, 15) is 14.9 Å². The molecule has 0 heterocycles. The lowest BCUT2D eigenvalue weighted by Gasteiger charge is -2.07. The fraction of sp³-hybridized carbons (Fsp3) is 0.133. The molecule has 6 nitrogen and oxygen atoms in total. The molecule has 0 spiro atoms. The molecule has 6 heteroatoms. The highest BCUT2D eigenvalue weighted by molar-refractivity contribution is 5.99. The average molecular weight is 285 g/mol. The number of carbonyl (C=O) groups is 1. The second kappa shape index (κ2) is 6.04. The Hall–Kier alpha value is -2.89. The summed E-state index contributed by atoms with van der Waals surface area (Å²) >= 11 is 0. The van der Waals surface area contributed by atoms with E-state index in [4.69, 9.17) is 5.73 Å². The Morgan fingerprint density at radius 1 is 1.29 bits per heavy atom. The van der Waals surface area contributed by atoms with E-state index in [-0.39, 0.29) is 11.3 Å². The molecule has 3 N–H and O–H groups in total. The fourth-order valence-corrected chi connectivity index (χ4v) is 1.99. The van der Waals surface area contributed by atoms with Crippen molar-refractivity contribution >= 4 is 17.3 Å². The van der Waals surface area contributed by atoms with Gasteiger partial charge in [0.25, 0.3) is 11.6 Å². The van der Waals surface area contributed by atoms with Gasteiger partial charge in [0, 0.05) is 18.3 Å². The van der Waals surface area contributed by atoms with Gasteiger partial charge in [0.1, 0.15) is 5.56 Å². The molecule has 0 saturated heterocycles. The zero-order valence-electron chi connectivity index (χ0n) is 11.5. The van der Waals surface area contributed by atoms with Gasteiger partial charge in [-0.25, -0.2) is 0 Å². The quantitative estimate of drug-likeness (QED) is 0.512. The average Bonchev–Trinajstić information content (AvgIpc) is 2.44. The van der Waals surface area contributed by atoms with E-state index in [1.54, 1.807) is 0 Å². The van der Waals surface area contributed by atoms with Gasteiger partial charge in [0.2, 0.25) is 0 Å². The highest BCUT2D eigenvalue weighted by Crippen LogP contribution is 2.21. The van der Waals surface area contributed by atoms with Crippen LogP contribution < -0.4 is 11.1 Å². The number of carbonyl (C=O) groups excluding carboxylic acids is 1. The number of nitro benzene ring substituents is 1. The lowest BCUT2D eigenvalue weighted by molar-refractivity contribution is -0.385. The molecule has 2 aromatic rings. The van der Waals surface area contributed by atoms with Gasteiger partial charge in [-0.1, -0.05) is 29.8 Å². The molecule has 0 unspecified atom stereocenters. The first-order chi connectivity index (χ1) is 9.97. The molecule has 0 aliphatic carbocycles. The maximum Gasteiger partial charge on any atom is 0.282 e. The van der Waals surface area contributed by atoms with Gasteiger partial charge in [-0.2, -0.15) is 0 Å². The van der Waals surface area contributed by atoms with Gasteiger partial charge < -0.3 is 11.1 Å². The number of hydrogen-bond acceptors (Lipinski definition) is 4. The van der Waals surface area contributed by atoms with Crippen molar-refractivity contribution < 1.29 is 9.72 Å². The number of benzene rings is 2. The highest BCUT2D eigenvalue weighted by atomic mass is 16.6. The summed E-state index contributed by atoms with van der Waals surface area (Å²) in [5, 5.41) is 13.6. The summed E-state index contributed by atoms with van der Waals surface area (Å²) in [7, 11) is 0. The number of nitrogens with one attached hydrogen (secondary N) is 1. The summed E-state index contributed by atoms with van der Waals surface area (Å²) in [6, 6.07) is 11.6. The molecule has 0 aliphatic rings. The van der Waals surface area contributed by atoms with Crippen LogP contribution in [0, 0.1) is 17.0 Å². The molecular weight excluding hydrogens is 270 g/mol. The molecular formula is C15H15N3O3. The topological polar surface area (TPSA) is 98.3 Å². The molecule has 108 valence electrons. The van der Waals surface area contributed by atoms with Gasteiger partial charge in [0.05, 0.1) is 4.92 Å². The Bertz CT molecular complexity index is 698. The van der Waals surface area contributed by atoms with Crippen molar-refractivity contribution in [1.29, 1.82) is 0 Å². The Balaban J connectivity index is 2.17. The first-order valence-corrected chi connectivity index (χ1v) is 6.35. The summed E-state index contributed by atoms with van der Waals surface area (Å²) in [6.45, 7) is 2.25. The van der Waals surface area contributed by atoms with Gasteiger partial charge in [-0.3, -0.25) is 14.9 Å². The monoisotopic (exact) mass is 285 g/mol. The van der Waals surface area contributed by atoms with Crippen LogP contribution in [0.1, 0.15) is 21.5 Å². The van der Waals surface area contributed by atoms with Crippen LogP contribution in [0.4, 0.5) is 11.4 Å². The third-order valence-corrected chi connectivity index (χ3v) is 3.00. The minimum atomic E-state index is -0.596. The Morgan fingerprint density at radius 3 is 2.71 bits per heavy atom. The van der Waals surface area contributed by atoms with E-state index in [2.05, 4.69) is 5.32 Å². The first-order valence-electron chi connectivity index (χ1n) is 6.35. The Kier molecular flexibility index (Phi) is 4.18. The number of hydrogen-bond donors (Lipinski definition) is 2. The fourth-order valence-electron chi connectivity index (χ4n) is 1.99. The Morgan fingerprint density at radius 2 is 2.05 bits per heavy atom. The molecule has 0 bridgehead atoms. The third kappa shape index (κ3) is 3.56. The number of nitro groups is 1. The smallest absolute Gasteiger partial charge is 0.282 e. The largest absolute Gasteiger partial charge is 0.399 e. The van der Waals surface area contributed by atoms with E-state index >= 15 is 0 Å². The highest BCUT2D eigenvalue weighted by Gasteiger charge is 2.19. The van der Waals surface area contributed by atoms with Crippen LogP contribution in [-0.4, -0.2) is 10.8 Å². The second-order valence-electron chi connectivity index (χ2n) is 4.71. The van der Waals surface area contributed by atoms with Crippen LogP contribution in [0.25, 0.3) is 0 Å². The molecule has 0 atom stereocenters. The minimum Gasteiger partial charge on any atom is -0.399 e. The van der Waals surface area contributed by atoms with Crippen LogP contribution in [0.3, 0.4) is 0 Å². The van der Waals surface area contributed by atoms with Crippen molar-refractivity contribution in [3.8, 4) is 0 Å². The molecule has 0 aliphatic heterocycles. The molecule has 1 amide bonds. The summed E-state index contributed by atoms with van der Waals surface area (Å²) < 4.78 is 0. The predicted octanol–water partition coefficient (Wildman–Crippen LogP) is 2.42. The van der Waals surface area contributed by atoms with Crippen molar-refractivity contribution in [2.75, 3.05) is 5.73 Å². The number of nitrogens with two attached hydrogens (primary N) is 1. The van der Waals surface area contributed by atoms with Gasteiger partial charge >= 0.3 is 0 Å². The van der Waals surface area contributed by atoms with Crippen molar-refractivity contribution in [3.63, 3.8) is 0 Å². The van der Waals surface area contributed by atoms with Crippen molar-refractivity contribution in [2.45, 2.75) is 13.5 Å². The lowest BCUT2D eigenvalue weighted by Crippen LogP contribution is -2.23. The van der Waals surface area contributed by atoms with Gasteiger partial charge in [0.15, 0.2) is 0 Å². The molecule has 21 heavy (non-hydrogen) atoms. The number of aryl methyl sites for hydroxylation is 1. The SMILES string of the molecule is Cc1cccc(CNC(=O)c2cc(N)ccc2[N+](=O)[O-])c1. The van der Waals surface area contributed by atoms with E-state index in [0.717, 1.165) is 11.1 Å².